The lowest BCUT2D eigenvalue weighted by atomic mass is 9.95. The number of aromatic nitrogens is 3. The fourth-order valence-electron chi connectivity index (χ4n) is 3.43. The van der Waals surface area contributed by atoms with Crippen LogP contribution in [0.1, 0.15) is 42.2 Å². The lowest BCUT2D eigenvalue weighted by Crippen LogP contribution is -2.05. The Morgan fingerprint density at radius 2 is 1.96 bits per heavy atom. The third kappa shape index (κ3) is 3.58. The number of aryl methyl sites for hydroxylation is 1. The Kier molecular flexibility index (Phi) is 5.41. The van der Waals surface area contributed by atoms with E-state index in [9.17, 15) is 4.39 Å². The zero-order valence-corrected chi connectivity index (χ0v) is 16.5. The van der Waals surface area contributed by atoms with Gasteiger partial charge in [0.25, 0.3) is 0 Å². The van der Waals surface area contributed by atoms with Crippen LogP contribution >= 0.6 is 23.1 Å². The van der Waals surface area contributed by atoms with E-state index in [0.29, 0.717) is 0 Å². The summed E-state index contributed by atoms with van der Waals surface area (Å²) in [7, 11) is 0. The van der Waals surface area contributed by atoms with Crippen molar-refractivity contribution in [1.82, 2.24) is 14.8 Å². The molecule has 0 amide bonds. The molecule has 4 rings (SSSR count). The summed E-state index contributed by atoms with van der Waals surface area (Å²) >= 11 is 3.54. The van der Waals surface area contributed by atoms with Crippen molar-refractivity contribution in [1.29, 1.82) is 0 Å². The summed E-state index contributed by atoms with van der Waals surface area (Å²) in [4.78, 5) is 1.53. The van der Waals surface area contributed by atoms with Gasteiger partial charge in [0.15, 0.2) is 11.0 Å². The van der Waals surface area contributed by atoms with E-state index in [2.05, 4.69) is 27.1 Å². The van der Waals surface area contributed by atoms with Gasteiger partial charge in [-0.15, -0.1) is 21.5 Å². The molecule has 3 aromatic rings. The van der Waals surface area contributed by atoms with E-state index in [0.717, 1.165) is 41.7 Å². The molecule has 2 aromatic heterocycles. The highest BCUT2D eigenvalue weighted by atomic mass is 32.2. The van der Waals surface area contributed by atoms with E-state index >= 15 is 0 Å². The average molecular weight is 388 g/mol. The van der Waals surface area contributed by atoms with Crippen LogP contribution in [0.4, 0.5) is 4.39 Å². The summed E-state index contributed by atoms with van der Waals surface area (Å²) in [6.45, 7) is 3.10. The van der Waals surface area contributed by atoms with Gasteiger partial charge in [-0.05, 0) is 55.4 Å². The van der Waals surface area contributed by atoms with Gasteiger partial charge in [-0.1, -0.05) is 30.8 Å². The Balaban J connectivity index is 1.60. The summed E-state index contributed by atoms with van der Waals surface area (Å²) in [5.74, 6) is 1.58. The van der Waals surface area contributed by atoms with Gasteiger partial charge in [0.1, 0.15) is 5.82 Å². The Bertz CT molecular complexity index is 883. The predicted octanol–water partition coefficient (Wildman–Crippen LogP) is 5.73. The summed E-state index contributed by atoms with van der Waals surface area (Å²) < 4.78 is 15.3. The van der Waals surface area contributed by atoms with Gasteiger partial charge in [-0.25, -0.2) is 4.39 Å². The van der Waals surface area contributed by atoms with Crippen molar-refractivity contribution in [2.75, 3.05) is 0 Å². The molecule has 0 N–H and O–H groups in total. The fraction of sp³-hybridized carbons (Fsp3) is 0.400. The van der Waals surface area contributed by atoms with Gasteiger partial charge >= 0.3 is 0 Å². The molecule has 0 saturated carbocycles. The van der Waals surface area contributed by atoms with Crippen LogP contribution in [0.25, 0.3) is 11.4 Å². The van der Waals surface area contributed by atoms with Gasteiger partial charge < -0.3 is 4.57 Å². The molecule has 0 fully saturated rings. The monoisotopic (exact) mass is 387 g/mol. The minimum absolute atomic E-state index is 0.197. The molecule has 1 aromatic carbocycles. The molecular weight excluding hydrogens is 365 g/mol. The third-order valence-electron chi connectivity index (χ3n) is 4.75. The SMILES string of the molecule is CCCn1c(SCc2ccc(F)cc2)nnc1-c1csc2c1CCCC2. The number of benzene rings is 1. The molecule has 1 aliphatic carbocycles. The van der Waals surface area contributed by atoms with Crippen LogP contribution in [0.3, 0.4) is 0 Å². The first-order valence-corrected chi connectivity index (χ1v) is 11.0. The van der Waals surface area contributed by atoms with E-state index in [1.54, 1.807) is 11.8 Å². The number of fused-ring (bicyclic) bond motifs is 1. The van der Waals surface area contributed by atoms with E-state index < -0.39 is 0 Å². The van der Waals surface area contributed by atoms with Crippen molar-refractivity contribution in [3.63, 3.8) is 0 Å². The van der Waals surface area contributed by atoms with Gasteiger partial charge in [0, 0.05) is 28.1 Å². The van der Waals surface area contributed by atoms with Crippen LogP contribution in [-0.4, -0.2) is 14.8 Å². The average Bonchev–Trinajstić information content (AvgIpc) is 3.25. The third-order valence-corrected chi connectivity index (χ3v) is 6.87. The second kappa shape index (κ2) is 7.92. The molecule has 0 bridgehead atoms. The maximum Gasteiger partial charge on any atom is 0.191 e. The molecule has 0 aliphatic heterocycles. The first kappa shape index (κ1) is 17.7. The van der Waals surface area contributed by atoms with Crippen LogP contribution in [0, 0.1) is 5.82 Å². The van der Waals surface area contributed by atoms with Crippen molar-refractivity contribution >= 4 is 23.1 Å². The van der Waals surface area contributed by atoms with Crippen LogP contribution < -0.4 is 0 Å². The predicted molar refractivity (Wildman–Crippen MR) is 106 cm³/mol. The minimum Gasteiger partial charge on any atom is -0.302 e. The van der Waals surface area contributed by atoms with Gasteiger partial charge in [-0.2, -0.15) is 0 Å². The fourth-order valence-corrected chi connectivity index (χ4v) is 5.47. The van der Waals surface area contributed by atoms with Crippen molar-refractivity contribution in [2.24, 2.45) is 0 Å². The Morgan fingerprint density at radius 1 is 1.15 bits per heavy atom. The zero-order valence-electron chi connectivity index (χ0n) is 14.9. The molecule has 1 aliphatic rings. The minimum atomic E-state index is -0.197. The lowest BCUT2D eigenvalue weighted by Gasteiger charge is -2.13. The molecular formula is C20H22FN3S2. The van der Waals surface area contributed by atoms with Crippen molar-refractivity contribution in [2.45, 2.75) is 56.5 Å². The van der Waals surface area contributed by atoms with Gasteiger partial charge in [0.05, 0.1) is 0 Å². The van der Waals surface area contributed by atoms with Gasteiger partial charge in [0.2, 0.25) is 0 Å². The molecule has 0 spiro atoms. The van der Waals surface area contributed by atoms with Crippen LogP contribution in [0.5, 0.6) is 0 Å². The number of halogens is 1. The zero-order chi connectivity index (χ0) is 17.9. The van der Waals surface area contributed by atoms with Crippen LogP contribution in [0.15, 0.2) is 34.8 Å². The Labute approximate surface area is 161 Å². The number of rotatable bonds is 6. The highest BCUT2D eigenvalue weighted by Crippen LogP contribution is 2.37. The first-order valence-electron chi connectivity index (χ1n) is 9.16. The van der Waals surface area contributed by atoms with E-state index in [1.165, 1.54) is 47.4 Å². The first-order chi connectivity index (χ1) is 12.8. The summed E-state index contributed by atoms with van der Waals surface area (Å²) in [6.07, 6.45) is 5.97. The number of thiophene rings is 1. The molecule has 136 valence electrons. The molecule has 0 radical (unpaired) electrons. The second-order valence-corrected chi connectivity index (χ2v) is 8.54. The molecule has 0 saturated heterocycles. The number of thioether (sulfide) groups is 1. The highest BCUT2D eigenvalue weighted by molar-refractivity contribution is 7.98. The Hall–Kier alpha value is -1.66. The smallest absolute Gasteiger partial charge is 0.191 e. The van der Waals surface area contributed by atoms with Crippen molar-refractivity contribution in [3.05, 3.63) is 51.5 Å². The molecule has 2 heterocycles. The van der Waals surface area contributed by atoms with Crippen LogP contribution in [0.2, 0.25) is 0 Å². The van der Waals surface area contributed by atoms with Gasteiger partial charge in [-0.3, -0.25) is 0 Å². The van der Waals surface area contributed by atoms with Crippen molar-refractivity contribution < 1.29 is 4.39 Å². The Morgan fingerprint density at radius 3 is 2.77 bits per heavy atom. The second-order valence-electron chi connectivity index (χ2n) is 6.63. The quantitative estimate of drug-likeness (QED) is 0.506. The molecule has 26 heavy (non-hydrogen) atoms. The normalized spacial score (nSPS) is 13.8. The number of hydrogen-bond acceptors (Lipinski definition) is 4. The number of hydrogen-bond donors (Lipinski definition) is 0. The standard InChI is InChI=1S/C20H22FN3S2/c1-2-11-24-19(17-13-25-18-6-4-3-5-16(17)18)22-23-20(24)26-12-14-7-9-15(21)10-8-14/h7-10,13H,2-6,11-12H2,1H3. The maximum absolute atomic E-state index is 13.1. The van der Waals surface area contributed by atoms with Crippen molar-refractivity contribution in [3.8, 4) is 11.4 Å². The largest absolute Gasteiger partial charge is 0.302 e. The van der Waals surface area contributed by atoms with Crippen LogP contribution in [-0.2, 0) is 25.1 Å². The summed E-state index contributed by atoms with van der Waals surface area (Å²) in [6, 6.07) is 6.68. The summed E-state index contributed by atoms with van der Waals surface area (Å²) in [5, 5.41) is 12.2. The van der Waals surface area contributed by atoms with E-state index in [1.807, 2.05) is 23.5 Å². The molecule has 3 nitrogen and oxygen atoms in total. The molecule has 0 atom stereocenters. The molecule has 6 heteroatoms. The highest BCUT2D eigenvalue weighted by Gasteiger charge is 2.22. The van der Waals surface area contributed by atoms with E-state index in [4.69, 9.17) is 0 Å². The maximum atomic E-state index is 13.1. The topological polar surface area (TPSA) is 30.7 Å². The molecule has 0 unspecified atom stereocenters. The summed E-state index contributed by atoms with van der Waals surface area (Å²) in [5.41, 5.74) is 3.86. The lowest BCUT2D eigenvalue weighted by molar-refractivity contribution is 0.624. The van der Waals surface area contributed by atoms with E-state index in [-0.39, 0.29) is 5.82 Å². The number of nitrogens with zero attached hydrogens (tertiary/aromatic N) is 3.